The number of ether oxygens (including phenoxy) is 1. The van der Waals surface area contributed by atoms with Crippen LogP contribution in [0.25, 0.3) is 6.08 Å². The van der Waals surface area contributed by atoms with Gasteiger partial charge in [0.05, 0.1) is 6.61 Å². The lowest BCUT2D eigenvalue weighted by Gasteiger charge is -2.24. The van der Waals surface area contributed by atoms with Crippen molar-refractivity contribution in [3.63, 3.8) is 0 Å². The van der Waals surface area contributed by atoms with Crippen molar-refractivity contribution in [2.75, 3.05) is 6.61 Å². The number of benzene rings is 1. The molecule has 0 bridgehead atoms. The largest absolute Gasteiger partial charge is 0.463 e. The summed E-state index contributed by atoms with van der Waals surface area (Å²) in [6, 6.07) is 8.02. The smallest absolute Gasteiger partial charge is 0.431 e. The van der Waals surface area contributed by atoms with Crippen LogP contribution in [0.2, 0.25) is 0 Å². The Bertz CT molecular complexity index is 454. The highest BCUT2D eigenvalue weighted by Crippen LogP contribution is 2.33. The maximum Gasteiger partial charge on any atom is 0.431 e. The van der Waals surface area contributed by atoms with Crippen LogP contribution in [0.1, 0.15) is 12.5 Å². The number of halogens is 3. The van der Waals surface area contributed by atoms with Crippen molar-refractivity contribution in [1.82, 2.24) is 0 Å². The summed E-state index contributed by atoms with van der Waals surface area (Å²) in [4.78, 5) is 11.3. The van der Waals surface area contributed by atoms with Gasteiger partial charge in [-0.3, -0.25) is 0 Å². The van der Waals surface area contributed by atoms with Crippen LogP contribution < -0.4 is 0 Å². The fourth-order valence-electron chi connectivity index (χ4n) is 1.30. The minimum Gasteiger partial charge on any atom is -0.463 e. The fourth-order valence-corrected chi connectivity index (χ4v) is 1.30. The monoisotopic (exact) mass is 274 g/mol. The molecular weight excluding hydrogens is 261 g/mol. The number of carbonyl (C=O) groups excluding carboxylic acids is 1. The van der Waals surface area contributed by atoms with Crippen LogP contribution in [0.15, 0.2) is 36.4 Å². The summed E-state index contributed by atoms with van der Waals surface area (Å²) < 4.78 is 42.6. The molecule has 0 saturated carbocycles. The van der Waals surface area contributed by atoms with E-state index in [2.05, 4.69) is 4.74 Å². The highest BCUT2D eigenvalue weighted by molar-refractivity contribution is 5.84. The molecule has 0 fully saturated rings. The van der Waals surface area contributed by atoms with E-state index in [0.29, 0.717) is 11.6 Å². The number of rotatable bonds is 4. The Kier molecular flexibility index (Phi) is 4.72. The third-order valence-electron chi connectivity index (χ3n) is 2.34. The van der Waals surface area contributed by atoms with E-state index in [1.807, 2.05) is 0 Å². The zero-order chi connectivity index (χ0) is 14.5. The normalized spacial score (nSPS) is 15.2. The zero-order valence-corrected chi connectivity index (χ0v) is 10.1. The van der Waals surface area contributed by atoms with Crippen molar-refractivity contribution in [3.8, 4) is 0 Å². The van der Waals surface area contributed by atoms with Gasteiger partial charge < -0.3 is 9.84 Å². The highest BCUT2D eigenvalue weighted by atomic mass is 19.4. The third kappa shape index (κ3) is 3.57. The van der Waals surface area contributed by atoms with E-state index in [1.165, 1.54) is 6.92 Å². The maximum absolute atomic E-state index is 12.8. The zero-order valence-electron chi connectivity index (χ0n) is 10.1. The van der Waals surface area contributed by atoms with Gasteiger partial charge in [-0.15, -0.1) is 0 Å². The second kappa shape index (κ2) is 5.88. The number of aliphatic hydroxyl groups is 1. The van der Waals surface area contributed by atoms with Gasteiger partial charge in [-0.05, 0) is 18.6 Å². The van der Waals surface area contributed by atoms with E-state index >= 15 is 0 Å². The molecule has 1 rings (SSSR count). The lowest BCUT2D eigenvalue weighted by atomic mass is 10.0. The van der Waals surface area contributed by atoms with Crippen LogP contribution in [0.3, 0.4) is 0 Å². The van der Waals surface area contributed by atoms with Crippen LogP contribution in [0.5, 0.6) is 0 Å². The molecule has 3 nitrogen and oxygen atoms in total. The summed E-state index contributed by atoms with van der Waals surface area (Å²) in [6.45, 7) is 1.10. The molecule has 1 aromatic rings. The molecule has 0 unspecified atom stereocenters. The molecule has 0 amide bonds. The molecule has 19 heavy (non-hydrogen) atoms. The molecule has 0 aliphatic rings. The number of esters is 1. The van der Waals surface area contributed by atoms with E-state index in [9.17, 15) is 23.1 Å². The topological polar surface area (TPSA) is 46.5 Å². The molecule has 0 aliphatic carbocycles. The standard InChI is InChI=1S/C13H13F3O3/c1-2-19-11(17)12(18,13(14,15)16)9-8-10-6-4-3-5-7-10/h3-9,18H,2H2,1H3/b9-8-/t12-/m1/s1. The van der Waals surface area contributed by atoms with Gasteiger partial charge in [0.1, 0.15) is 0 Å². The minimum atomic E-state index is -5.15. The first kappa shape index (κ1) is 15.2. The summed E-state index contributed by atoms with van der Waals surface area (Å²) in [5.41, 5.74) is -3.21. The predicted molar refractivity (Wildman–Crippen MR) is 63.1 cm³/mol. The Morgan fingerprint density at radius 1 is 1.32 bits per heavy atom. The second-order valence-electron chi connectivity index (χ2n) is 3.73. The Labute approximate surface area is 108 Å². The van der Waals surface area contributed by atoms with Gasteiger partial charge in [0.15, 0.2) is 0 Å². The van der Waals surface area contributed by atoms with Gasteiger partial charge in [-0.2, -0.15) is 13.2 Å². The van der Waals surface area contributed by atoms with E-state index in [0.717, 1.165) is 6.08 Å². The maximum atomic E-state index is 12.8. The lowest BCUT2D eigenvalue weighted by molar-refractivity contribution is -0.245. The summed E-state index contributed by atoms with van der Waals surface area (Å²) in [5.74, 6) is -1.74. The van der Waals surface area contributed by atoms with E-state index in [-0.39, 0.29) is 6.61 Å². The van der Waals surface area contributed by atoms with Gasteiger partial charge in [0.25, 0.3) is 5.60 Å². The van der Waals surface area contributed by atoms with Crippen LogP contribution >= 0.6 is 0 Å². The SMILES string of the molecule is CCOC(=O)[C@](O)(/C=C\c1ccccc1)C(F)(F)F. The molecule has 0 spiro atoms. The Morgan fingerprint density at radius 3 is 2.37 bits per heavy atom. The summed E-state index contributed by atoms with van der Waals surface area (Å²) in [5, 5.41) is 9.52. The van der Waals surface area contributed by atoms with Gasteiger partial charge in [0.2, 0.25) is 0 Å². The van der Waals surface area contributed by atoms with E-state index in [1.54, 1.807) is 30.3 Å². The third-order valence-corrected chi connectivity index (χ3v) is 2.34. The van der Waals surface area contributed by atoms with Crippen molar-refractivity contribution >= 4 is 12.0 Å². The number of hydrogen-bond donors (Lipinski definition) is 1. The predicted octanol–water partition coefficient (Wildman–Crippen LogP) is 2.56. The fraction of sp³-hybridized carbons (Fsp3) is 0.308. The highest BCUT2D eigenvalue weighted by Gasteiger charge is 2.59. The second-order valence-corrected chi connectivity index (χ2v) is 3.73. The van der Waals surface area contributed by atoms with Crippen LogP contribution in [-0.4, -0.2) is 29.5 Å². The summed E-state index contributed by atoms with van der Waals surface area (Å²) in [6.07, 6.45) is -3.74. The van der Waals surface area contributed by atoms with Crippen LogP contribution in [0, 0.1) is 0 Å². The summed E-state index contributed by atoms with van der Waals surface area (Å²) >= 11 is 0. The van der Waals surface area contributed by atoms with Crippen molar-refractivity contribution in [2.45, 2.75) is 18.7 Å². The molecule has 0 heterocycles. The first-order valence-corrected chi connectivity index (χ1v) is 5.52. The number of alkyl halides is 3. The van der Waals surface area contributed by atoms with Gasteiger partial charge >= 0.3 is 12.1 Å². The molecule has 1 N–H and O–H groups in total. The molecule has 0 saturated heterocycles. The van der Waals surface area contributed by atoms with Crippen LogP contribution in [-0.2, 0) is 9.53 Å². The van der Waals surface area contributed by atoms with E-state index in [4.69, 9.17) is 0 Å². The molecule has 0 aliphatic heterocycles. The first-order chi connectivity index (χ1) is 8.81. The average molecular weight is 274 g/mol. The van der Waals surface area contributed by atoms with Crippen molar-refractivity contribution < 1.29 is 27.8 Å². The Balaban J connectivity index is 3.06. The number of carbonyl (C=O) groups is 1. The number of hydrogen-bond acceptors (Lipinski definition) is 3. The average Bonchev–Trinajstić information content (AvgIpc) is 2.36. The van der Waals surface area contributed by atoms with Crippen molar-refractivity contribution in [2.24, 2.45) is 0 Å². The van der Waals surface area contributed by atoms with Crippen LogP contribution in [0.4, 0.5) is 13.2 Å². The molecule has 1 aromatic carbocycles. The minimum absolute atomic E-state index is 0.254. The molecule has 104 valence electrons. The molecular formula is C13H13F3O3. The first-order valence-electron chi connectivity index (χ1n) is 5.52. The van der Waals surface area contributed by atoms with E-state index < -0.39 is 17.7 Å². The van der Waals surface area contributed by atoms with Gasteiger partial charge in [-0.1, -0.05) is 36.4 Å². The van der Waals surface area contributed by atoms with Crippen molar-refractivity contribution in [1.29, 1.82) is 0 Å². The quantitative estimate of drug-likeness (QED) is 0.858. The molecule has 0 aromatic heterocycles. The molecule has 0 radical (unpaired) electrons. The molecule has 1 atom stereocenters. The summed E-state index contributed by atoms with van der Waals surface area (Å²) in [7, 11) is 0. The van der Waals surface area contributed by atoms with Gasteiger partial charge in [0, 0.05) is 0 Å². The Morgan fingerprint density at radius 2 is 1.89 bits per heavy atom. The van der Waals surface area contributed by atoms with Crippen molar-refractivity contribution in [3.05, 3.63) is 42.0 Å². The lowest BCUT2D eigenvalue weighted by Crippen LogP contribution is -2.51. The molecule has 6 heteroatoms. The Hall–Kier alpha value is -1.82. The van der Waals surface area contributed by atoms with Gasteiger partial charge in [-0.25, -0.2) is 4.79 Å².